The number of nitro groups is 1. The number of rotatable bonds is 5. The van der Waals surface area contributed by atoms with Crippen LogP contribution in [0.1, 0.15) is 10.4 Å². The number of carbonyl (C=O) groups excluding carboxylic acids is 1. The summed E-state index contributed by atoms with van der Waals surface area (Å²) in [6.07, 6.45) is 3.02. The topological polar surface area (TPSA) is 109 Å². The Bertz CT molecular complexity index is 1020. The van der Waals surface area contributed by atoms with Gasteiger partial charge in [-0.3, -0.25) is 19.6 Å². The second-order valence-electron chi connectivity index (χ2n) is 6.21. The largest absolute Gasteiger partial charge is 0.486 e. The molecule has 28 heavy (non-hydrogen) atoms. The molecule has 9 heteroatoms. The highest BCUT2D eigenvalue weighted by atomic mass is 16.6. The Morgan fingerprint density at radius 1 is 1.21 bits per heavy atom. The number of ether oxygens (including phenoxy) is 2. The lowest BCUT2D eigenvalue weighted by molar-refractivity contribution is -0.384. The average molecular weight is 380 g/mol. The molecule has 3 aromatic rings. The molecule has 0 bridgehead atoms. The molecule has 1 unspecified atom stereocenters. The molecule has 1 atom stereocenters. The molecule has 2 heterocycles. The minimum atomic E-state index is -0.513. The molecule has 0 saturated carbocycles. The van der Waals surface area contributed by atoms with E-state index in [2.05, 4.69) is 10.4 Å². The summed E-state index contributed by atoms with van der Waals surface area (Å²) in [4.78, 5) is 22.4. The molecule has 2 aromatic carbocycles. The number of nitro benzene ring substituents is 1. The maximum absolute atomic E-state index is 12.3. The number of aromatic nitrogens is 2. The average Bonchev–Trinajstić information content (AvgIpc) is 3.14. The highest BCUT2D eigenvalue weighted by Gasteiger charge is 2.21. The van der Waals surface area contributed by atoms with Gasteiger partial charge in [-0.2, -0.15) is 5.10 Å². The first-order chi connectivity index (χ1) is 13.6. The molecule has 0 spiro atoms. The number of carbonyl (C=O) groups is 1. The van der Waals surface area contributed by atoms with Gasteiger partial charge in [0.1, 0.15) is 6.61 Å². The predicted octanol–water partition coefficient (Wildman–Crippen LogP) is 2.88. The normalized spacial score (nSPS) is 15.1. The summed E-state index contributed by atoms with van der Waals surface area (Å²) >= 11 is 0. The van der Waals surface area contributed by atoms with Crippen molar-refractivity contribution in [2.75, 3.05) is 11.9 Å². The third-order valence-corrected chi connectivity index (χ3v) is 4.19. The van der Waals surface area contributed by atoms with Crippen LogP contribution < -0.4 is 14.8 Å². The number of amides is 1. The molecule has 142 valence electrons. The molecule has 1 aliphatic rings. The van der Waals surface area contributed by atoms with Crippen molar-refractivity contribution in [3.8, 4) is 11.5 Å². The monoisotopic (exact) mass is 380 g/mol. The van der Waals surface area contributed by atoms with Gasteiger partial charge in [0, 0.05) is 23.9 Å². The zero-order valence-corrected chi connectivity index (χ0v) is 14.6. The number of non-ortho nitro benzene ring substituents is 1. The number of benzene rings is 2. The van der Waals surface area contributed by atoms with Crippen LogP contribution in [0.3, 0.4) is 0 Å². The molecule has 0 aliphatic carbocycles. The summed E-state index contributed by atoms with van der Waals surface area (Å²) in [5.74, 6) is 1.04. The number of anilines is 1. The first kappa shape index (κ1) is 17.5. The third kappa shape index (κ3) is 3.78. The van der Waals surface area contributed by atoms with Gasteiger partial charge in [-0.1, -0.05) is 12.1 Å². The van der Waals surface area contributed by atoms with Crippen molar-refractivity contribution in [2.24, 2.45) is 0 Å². The molecular formula is C19H16N4O5. The van der Waals surface area contributed by atoms with Gasteiger partial charge >= 0.3 is 0 Å². The first-order valence-electron chi connectivity index (χ1n) is 8.55. The summed E-state index contributed by atoms with van der Waals surface area (Å²) in [5.41, 5.74) is 0.764. The fourth-order valence-corrected chi connectivity index (χ4v) is 2.83. The van der Waals surface area contributed by atoms with Gasteiger partial charge in [0.05, 0.1) is 23.4 Å². The second-order valence-corrected chi connectivity index (χ2v) is 6.21. The highest BCUT2D eigenvalue weighted by molar-refractivity contribution is 6.04. The fourth-order valence-electron chi connectivity index (χ4n) is 2.83. The molecule has 9 nitrogen and oxygen atoms in total. The lowest BCUT2D eigenvalue weighted by Crippen LogP contribution is -2.33. The summed E-state index contributed by atoms with van der Waals surface area (Å²) in [6, 6.07) is 12.9. The van der Waals surface area contributed by atoms with Crippen molar-refractivity contribution in [3.05, 3.63) is 76.6 Å². The second kappa shape index (κ2) is 7.39. The van der Waals surface area contributed by atoms with E-state index in [1.807, 2.05) is 24.3 Å². The van der Waals surface area contributed by atoms with Gasteiger partial charge in [0.15, 0.2) is 17.6 Å². The lowest BCUT2D eigenvalue weighted by atomic mass is 10.2. The van der Waals surface area contributed by atoms with Crippen LogP contribution in [0.25, 0.3) is 0 Å². The van der Waals surface area contributed by atoms with E-state index >= 15 is 0 Å². The Labute approximate surface area is 159 Å². The Hall–Kier alpha value is -3.88. The van der Waals surface area contributed by atoms with E-state index in [1.165, 1.54) is 30.5 Å². The maximum Gasteiger partial charge on any atom is 0.269 e. The van der Waals surface area contributed by atoms with E-state index in [0.29, 0.717) is 30.2 Å². The van der Waals surface area contributed by atoms with Crippen LogP contribution in [0, 0.1) is 10.1 Å². The standard InChI is InChI=1S/C19H16N4O5/c24-19(13-5-7-15(8-6-13)23(25)26)21-14-9-20-22(10-14)11-16-12-27-17-3-1-2-4-18(17)28-16/h1-10,16H,11-12H2,(H,21,24). The fraction of sp³-hybridized carbons (Fsp3) is 0.158. The smallest absolute Gasteiger partial charge is 0.269 e. The molecular weight excluding hydrogens is 364 g/mol. The van der Waals surface area contributed by atoms with E-state index in [0.717, 1.165) is 5.75 Å². The van der Waals surface area contributed by atoms with Crippen LogP contribution in [-0.2, 0) is 6.54 Å². The SMILES string of the molecule is O=C(Nc1cnn(CC2COc3ccccc3O2)c1)c1ccc([N+](=O)[O-])cc1. The molecule has 4 rings (SSSR count). The van der Waals surface area contributed by atoms with Gasteiger partial charge in [0.2, 0.25) is 0 Å². The number of hydrogen-bond acceptors (Lipinski definition) is 6. The third-order valence-electron chi connectivity index (χ3n) is 4.19. The van der Waals surface area contributed by atoms with Gasteiger partial charge in [0.25, 0.3) is 11.6 Å². The minimum Gasteiger partial charge on any atom is -0.486 e. The van der Waals surface area contributed by atoms with Gasteiger partial charge in [-0.25, -0.2) is 0 Å². The van der Waals surface area contributed by atoms with Crippen molar-refractivity contribution < 1.29 is 19.2 Å². The van der Waals surface area contributed by atoms with E-state index in [-0.39, 0.29) is 17.7 Å². The number of para-hydroxylation sites is 2. The lowest BCUT2D eigenvalue weighted by Gasteiger charge is -2.26. The minimum absolute atomic E-state index is 0.0688. The van der Waals surface area contributed by atoms with Crippen LogP contribution >= 0.6 is 0 Å². The molecule has 0 saturated heterocycles. The first-order valence-corrected chi connectivity index (χ1v) is 8.55. The summed E-state index contributed by atoms with van der Waals surface area (Å²) in [5, 5.41) is 17.6. The van der Waals surface area contributed by atoms with Crippen LogP contribution in [0.2, 0.25) is 0 Å². The maximum atomic E-state index is 12.3. The molecule has 1 N–H and O–H groups in total. The zero-order valence-electron chi connectivity index (χ0n) is 14.6. The van der Waals surface area contributed by atoms with Crippen molar-refractivity contribution in [1.82, 2.24) is 9.78 Å². The van der Waals surface area contributed by atoms with Crippen molar-refractivity contribution >= 4 is 17.3 Å². The predicted molar refractivity (Wildman–Crippen MR) is 99.6 cm³/mol. The molecule has 1 aromatic heterocycles. The zero-order chi connectivity index (χ0) is 19.5. The molecule has 1 aliphatic heterocycles. The Kier molecular flexibility index (Phi) is 4.63. The van der Waals surface area contributed by atoms with Crippen molar-refractivity contribution in [2.45, 2.75) is 12.6 Å². The number of hydrogen-bond donors (Lipinski definition) is 1. The Balaban J connectivity index is 1.37. The van der Waals surface area contributed by atoms with Gasteiger partial charge < -0.3 is 14.8 Å². The van der Waals surface area contributed by atoms with Crippen LogP contribution in [0.15, 0.2) is 60.9 Å². The van der Waals surface area contributed by atoms with E-state index in [4.69, 9.17) is 9.47 Å². The molecule has 0 fully saturated rings. The number of nitrogens with one attached hydrogen (secondary N) is 1. The summed E-state index contributed by atoms with van der Waals surface area (Å²) in [6.45, 7) is 0.864. The van der Waals surface area contributed by atoms with Gasteiger partial charge in [-0.05, 0) is 24.3 Å². The van der Waals surface area contributed by atoms with Crippen molar-refractivity contribution in [1.29, 1.82) is 0 Å². The molecule has 1 amide bonds. The summed E-state index contributed by atoms with van der Waals surface area (Å²) in [7, 11) is 0. The summed E-state index contributed by atoms with van der Waals surface area (Å²) < 4.78 is 13.2. The quantitative estimate of drug-likeness (QED) is 0.538. The van der Waals surface area contributed by atoms with E-state index in [9.17, 15) is 14.9 Å². The Morgan fingerprint density at radius 2 is 1.96 bits per heavy atom. The van der Waals surface area contributed by atoms with Gasteiger partial charge in [-0.15, -0.1) is 0 Å². The van der Waals surface area contributed by atoms with E-state index < -0.39 is 4.92 Å². The van der Waals surface area contributed by atoms with E-state index in [1.54, 1.807) is 10.9 Å². The number of nitrogens with zero attached hydrogens (tertiary/aromatic N) is 3. The number of fused-ring (bicyclic) bond motifs is 1. The highest BCUT2D eigenvalue weighted by Crippen LogP contribution is 2.31. The molecule has 0 radical (unpaired) electrons. The van der Waals surface area contributed by atoms with Crippen LogP contribution in [-0.4, -0.2) is 33.3 Å². The van der Waals surface area contributed by atoms with Crippen LogP contribution in [0.4, 0.5) is 11.4 Å². The van der Waals surface area contributed by atoms with Crippen LogP contribution in [0.5, 0.6) is 11.5 Å². The van der Waals surface area contributed by atoms with Crippen molar-refractivity contribution in [3.63, 3.8) is 0 Å². The Morgan fingerprint density at radius 3 is 2.71 bits per heavy atom.